The fourth-order valence-electron chi connectivity index (χ4n) is 1.63. The largest absolute Gasteiger partial charge is 0.480 e. The fraction of sp³-hybridized carbons (Fsp3) is 0.167. The summed E-state index contributed by atoms with van der Waals surface area (Å²) in [6, 6.07) is 5.33. The Morgan fingerprint density at radius 3 is 2.65 bits per heavy atom. The molecule has 0 radical (unpaired) electrons. The van der Waals surface area contributed by atoms with Crippen LogP contribution < -0.4 is 5.32 Å². The first kappa shape index (κ1) is 14.1. The van der Waals surface area contributed by atoms with Gasteiger partial charge >= 0.3 is 11.0 Å². The van der Waals surface area contributed by atoms with Gasteiger partial charge in [0.15, 0.2) is 0 Å². The molecule has 0 bridgehead atoms. The van der Waals surface area contributed by atoms with Crippen molar-refractivity contribution in [3.05, 3.63) is 57.2 Å². The summed E-state index contributed by atoms with van der Waals surface area (Å²) in [5.74, 6) is -1.07. The van der Waals surface area contributed by atoms with Gasteiger partial charge in [0.05, 0.1) is 4.92 Å². The number of carboxylic acids is 1. The number of nitrogens with one attached hydrogen (secondary N) is 1. The zero-order chi connectivity index (χ0) is 14.5. The van der Waals surface area contributed by atoms with E-state index >= 15 is 0 Å². The van der Waals surface area contributed by atoms with Gasteiger partial charge in [-0.2, -0.15) is 0 Å². The van der Waals surface area contributed by atoms with Gasteiger partial charge in [0.25, 0.3) is 0 Å². The minimum absolute atomic E-state index is 0.0723. The number of aromatic nitrogens is 1. The van der Waals surface area contributed by atoms with Gasteiger partial charge in [0, 0.05) is 29.9 Å². The number of thiophene rings is 1. The molecule has 0 aliphatic heterocycles. The number of carbonyl (C=O) groups is 1. The Morgan fingerprint density at radius 2 is 2.10 bits per heavy atom. The number of nitro groups is 1. The summed E-state index contributed by atoms with van der Waals surface area (Å²) in [5.41, 5.74) is 0.886. The number of aliphatic carboxylic acids is 1. The third-order valence-electron chi connectivity index (χ3n) is 2.58. The summed E-state index contributed by atoms with van der Waals surface area (Å²) >= 11 is 0.858. The number of hydrogen-bond donors (Lipinski definition) is 2. The van der Waals surface area contributed by atoms with Crippen LogP contribution in [0.5, 0.6) is 0 Å². The fourth-order valence-corrected chi connectivity index (χ4v) is 2.52. The minimum Gasteiger partial charge on any atom is -0.480 e. The molecule has 20 heavy (non-hydrogen) atoms. The summed E-state index contributed by atoms with van der Waals surface area (Å²) in [5, 5.41) is 22.6. The molecule has 2 rings (SSSR count). The Labute approximate surface area is 118 Å². The molecule has 0 saturated carbocycles. The summed E-state index contributed by atoms with van der Waals surface area (Å²) in [4.78, 5) is 25.6. The molecule has 7 nitrogen and oxygen atoms in total. The number of nitrogens with zero attached hydrogens (tertiary/aromatic N) is 2. The number of hydrogen-bond acceptors (Lipinski definition) is 6. The standard InChI is InChI=1S/C12H11N3O4S/c16-12(17)11(9-1-2-10(20-9)15(18)19)14-7-8-3-5-13-6-4-8/h1-6,11,14H,7H2,(H,16,17). The second-order valence-electron chi connectivity index (χ2n) is 3.94. The van der Waals surface area contributed by atoms with Crippen LogP contribution in [-0.2, 0) is 11.3 Å². The van der Waals surface area contributed by atoms with E-state index in [-0.39, 0.29) is 5.00 Å². The van der Waals surface area contributed by atoms with Crippen molar-refractivity contribution in [1.29, 1.82) is 0 Å². The van der Waals surface area contributed by atoms with Crippen molar-refractivity contribution in [2.45, 2.75) is 12.6 Å². The smallest absolute Gasteiger partial charge is 0.326 e. The predicted molar refractivity (Wildman–Crippen MR) is 72.4 cm³/mol. The average molecular weight is 293 g/mol. The molecule has 8 heteroatoms. The molecule has 2 heterocycles. The maximum Gasteiger partial charge on any atom is 0.326 e. The van der Waals surface area contributed by atoms with Gasteiger partial charge in [0.1, 0.15) is 6.04 Å². The topological polar surface area (TPSA) is 105 Å². The quantitative estimate of drug-likeness (QED) is 0.623. The lowest BCUT2D eigenvalue weighted by atomic mass is 10.2. The lowest BCUT2D eigenvalue weighted by molar-refractivity contribution is -0.380. The van der Waals surface area contributed by atoms with Crippen molar-refractivity contribution >= 4 is 22.3 Å². The molecule has 0 saturated heterocycles. The van der Waals surface area contributed by atoms with E-state index in [1.165, 1.54) is 12.1 Å². The molecule has 2 aromatic heterocycles. The molecule has 104 valence electrons. The second-order valence-corrected chi connectivity index (χ2v) is 5.03. The van der Waals surface area contributed by atoms with Crippen LogP contribution >= 0.6 is 11.3 Å². The van der Waals surface area contributed by atoms with Crippen molar-refractivity contribution in [2.24, 2.45) is 0 Å². The van der Waals surface area contributed by atoms with E-state index < -0.39 is 16.9 Å². The van der Waals surface area contributed by atoms with Gasteiger partial charge < -0.3 is 5.11 Å². The molecule has 0 spiro atoms. The highest BCUT2D eigenvalue weighted by Crippen LogP contribution is 2.29. The maximum atomic E-state index is 11.3. The van der Waals surface area contributed by atoms with Crippen LogP contribution in [0.2, 0.25) is 0 Å². The van der Waals surface area contributed by atoms with Crippen LogP contribution in [-0.4, -0.2) is 21.0 Å². The number of rotatable bonds is 6. The van der Waals surface area contributed by atoms with Crippen molar-refractivity contribution in [1.82, 2.24) is 10.3 Å². The van der Waals surface area contributed by atoms with E-state index in [1.807, 2.05) is 0 Å². The first-order valence-corrected chi connectivity index (χ1v) is 6.49. The Hall–Kier alpha value is -2.32. The van der Waals surface area contributed by atoms with E-state index in [9.17, 15) is 20.0 Å². The van der Waals surface area contributed by atoms with Crippen LogP contribution in [0.1, 0.15) is 16.5 Å². The maximum absolute atomic E-state index is 11.3. The molecular formula is C12H11N3O4S. The van der Waals surface area contributed by atoms with Crippen LogP contribution in [0.25, 0.3) is 0 Å². The Balaban J connectivity index is 2.10. The number of carboxylic acid groups (broad SMARTS) is 1. The molecule has 0 amide bonds. The first-order valence-electron chi connectivity index (χ1n) is 5.67. The SMILES string of the molecule is O=C(O)C(NCc1ccncc1)c1ccc([N+](=O)[O-])s1. The van der Waals surface area contributed by atoms with Gasteiger partial charge in [-0.1, -0.05) is 11.3 Å². The monoisotopic (exact) mass is 293 g/mol. The van der Waals surface area contributed by atoms with Crippen LogP contribution in [0.15, 0.2) is 36.7 Å². The van der Waals surface area contributed by atoms with E-state index in [0.717, 1.165) is 16.9 Å². The van der Waals surface area contributed by atoms with Crippen molar-refractivity contribution in [3.63, 3.8) is 0 Å². The lowest BCUT2D eigenvalue weighted by Crippen LogP contribution is -2.27. The molecule has 1 atom stereocenters. The molecule has 0 aliphatic carbocycles. The highest BCUT2D eigenvalue weighted by molar-refractivity contribution is 7.15. The van der Waals surface area contributed by atoms with E-state index in [1.54, 1.807) is 24.5 Å². The second kappa shape index (κ2) is 6.22. The van der Waals surface area contributed by atoms with Crippen LogP contribution in [0.3, 0.4) is 0 Å². The molecule has 2 N–H and O–H groups in total. The normalized spacial score (nSPS) is 12.0. The van der Waals surface area contributed by atoms with Crippen molar-refractivity contribution in [3.8, 4) is 0 Å². The van der Waals surface area contributed by atoms with Gasteiger partial charge in [-0.05, 0) is 23.8 Å². The highest BCUT2D eigenvalue weighted by Gasteiger charge is 2.23. The summed E-state index contributed by atoms with van der Waals surface area (Å²) in [7, 11) is 0. The molecule has 2 aromatic rings. The molecule has 0 fully saturated rings. The average Bonchev–Trinajstić information content (AvgIpc) is 2.89. The number of pyridine rings is 1. The molecular weight excluding hydrogens is 282 g/mol. The minimum atomic E-state index is -1.07. The van der Waals surface area contributed by atoms with Crippen molar-refractivity contribution in [2.75, 3.05) is 0 Å². The molecule has 0 aromatic carbocycles. The predicted octanol–water partition coefficient (Wildman–Crippen LogP) is 1.97. The van der Waals surface area contributed by atoms with Crippen LogP contribution in [0, 0.1) is 10.1 Å². The van der Waals surface area contributed by atoms with Crippen molar-refractivity contribution < 1.29 is 14.8 Å². The van der Waals surface area contributed by atoms with E-state index in [4.69, 9.17) is 0 Å². The highest BCUT2D eigenvalue weighted by atomic mass is 32.1. The molecule has 0 aliphatic rings. The third-order valence-corrected chi connectivity index (χ3v) is 3.69. The van der Waals surface area contributed by atoms with Gasteiger partial charge in [-0.25, -0.2) is 0 Å². The van der Waals surface area contributed by atoms with Gasteiger partial charge in [-0.3, -0.25) is 25.2 Å². The Kier molecular flexibility index (Phi) is 4.38. The van der Waals surface area contributed by atoms with Gasteiger partial charge in [-0.15, -0.1) is 0 Å². The zero-order valence-corrected chi connectivity index (χ0v) is 11.0. The van der Waals surface area contributed by atoms with Crippen LogP contribution in [0.4, 0.5) is 5.00 Å². The Bertz CT molecular complexity index is 614. The lowest BCUT2D eigenvalue weighted by Gasteiger charge is -2.12. The Morgan fingerprint density at radius 1 is 1.40 bits per heavy atom. The first-order chi connectivity index (χ1) is 9.58. The summed E-state index contributed by atoms with van der Waals surface area (Å²) in [6.45, 7) is 0.338. The van der Waals surface area contributed by atoms with E-state index in [0.29, 0.717) is 11.4 Å². The molecule has 1 unspecified atom stereocenters. The summed E-state index contributed by atoms with van der Waals surface area (Å²) in [6.07, 6.45) is 3.23. The van der Waals surface area contributed by atoms with E-state index in [2.05, 4.69) is 10.3 Å². The third kappa shape index (κ3) is 3.37. The summed E-state index contributed by atoms with van der Waals surface area (Å²) < 4.78 is 0. The zero-order valence-electron chi connectivity index (χ0n) is 10.2. The van der Waals surface area contributed by atoms with Gasteiger partial charge in [0.2, 0.25) is 0 Å².